The SMILES string of the molecule is C(=C1CCCC2=C1OC1=C(CCCC1)C2c1ccccc1)c1ccccc1. The first-order chi connectivity index (χ1) is 13.4. The summed E-state index contributed by atoms with van der Waals surface area (Å²) < 4.78 is 6.62. The van der Waals surface area contributed by atoms with Crippen LogP contribution in [0, 0.1) is 0 Å². The molecule has 1 nitrogen and oxygen atoms in total. The van der Waals surface area contributed by atoms with Gasteiger partial charge in [-0.2, -0.15) is 0 Å². The molecule has 136 valence electrons. The maximum Gasteiger partial charge on any atom is 0.130 e. The average molecular weight is 354 g/mol. The number of benzene rings is 2. The van der Waals surface area contributed by atoms with Crippen LogP contribution < -0.4 is 0 Å². The Hall–Kier alpha value is -2.54. The predicted octanol–water partition coefficient (Wildman–Crippen LogP) is 7.15. The van der Waals surface area contributed by atoms with E-state index in [0.717, 1.165) is 19.3 Å². The molecule has 0 spiro atoms. The van der Waals surface area contributed by atoms with E-state index in [1.807, 2.05) is 0 Å². The van der Waals surface area contributed by atoms with Gasteiger partial charge in [0.15, 0.2) is 0 Å². The number of allylic oxidation sites excluding steroid dienone is 4. The van der Waals surface area contributed by atoms with Gasteiger partial charge in [-0.1, -0.05) is 60.7 Å². The predicted molar refractivity (Wildman–Crippen MR) is 111 cm³/mol. The molecule has 2 aliphatic carbocycles. The number of rotatable bonds is 2. The van der Waals surface area contributed by atoms with Gasteiger partial charge >= 0.3 is 0 Å². The van der Waals surface area contributed by atoms with Gasteiger partial charge in [0.2, 0.25) is 0 Å². The molecule has 1 aliphatic heterocycles. The van der Waals surface area contributed by atoms with Gasteiger partial charge in [-0.05, 0) is 72.4 Å². The van der Waals surface area contributed by atoms with Crippen LogP contribution in [-0.4, -0.2) is 0 Å². The van der Waals surface area contributed by atoms with Crippen molar-refractivity contribution < 1.29 is 4.74 Å². The fourth-order valence-electron chi connectivity index (χ4n) is 4.90. The second kappa shape index (κ2) is 7.23. The monoisotopic (exact) mass is 354 g/mol. The molecule has 0 amide bonds. The Kier molecular flexibility index (Phi) is 4.45. The second-order valence-corrected chi connectivity index (χ2v) is 7.89. The van der Waals surface area contributed by atoms with Crippen molar-refractivity contribution in [2.24, 2.45) is 0 Å². The zero-order valence-corrected chi connectivity index (χ0v) is 15.8. The smallest absolute Gasteiger partial charge is 0.130 e. The standard InChI is InChI=1S/C26H26O/c1-3-10-19(11-4-1)18-21-14-9-16-23-25(20-12-5-2-6-13-20)22-15-7-8-17-24(22)27-26(21)23/h1-6,10-13,18,25H,7-9,14-17H2. The zero-order chi connectivity index (χ0) is 18.1. The van der Waals surface area contributed by atoms with Crippen LogP contribution in [0.4, 0.5) is 0 Å². The highest BCUT2D eigenvalue weighted by atomic mass is 16.5. The van der Waals surface area contributed by atoms with Crippen molar-refractivity contribution >= 4 is 6.08 Å². The molecule has 1 atom stereocenters. The highest BCUT2D eigenvalue weighted by Gasteiger charge is 2.36. The van der Waals surface area contributed by atoms with Gasteiger partial charge in [0.1, 0.15) is 11.5 Å². The first-order valence-corrected chi connectivity index (χ1v) is 10.3. The molecule has 27 heavy (non-hydrogen) atoms. The van der Waals surface area contributed by atoms with Crippen molar-refractivity contribution in [2.45, 2.75) is 50.9 Å². The Balaban J connectivity index is 1.63. The normalized spacial score (nSPS) is 23.7. The lowest BCUT2D eigenvalue weighted by Crippen LogP contribution is -2.22. The molecule has 0 N–H and O–H groups in total. The summed E-state index contributed by atoms with van der Waals surface area (Å²) in [5.41, 5.74) is 7.14. The van der Waals surface area contributed by atoms with E-state index < -0.39 is 0 Å². The van der Waals surface area contributed by atoms with Crippen molar-refractivity contribution in [2.75, 3.05) is 0 Å². The number of ether oxygens (including phenoxy) is 1. The van der Waals surface area contributed by atoms with E-state index in [-0.39, 0.29) is 0 Å². The topological polar surface area (TPSA) is 9.23 Å². The van der Waals surface area contributed by atoms with Crippen molar-refractivity contribution in [3.05, 3.63) is 100 Å². The number of hydrogen-bond acceptors (Lipinski definition) is 1. The quantitative estimate of drug-likeness (QED) is 0.556. The fraction of sp³-hybridized carbons (Fsp3) is 0.308. The van der Waals surface area contributed by atoms with Gasteiger partial charge in [0.25, 0.3) is 0 Å². The van der Waals surface area contributed by atoms with Gasteiger partial charge < -0.3 is 4.74 Å². The molecule has 0 fully saturated rings. The molecular weight excluding hydrogens is 328 g/mol. The van der Waals surface area contributed by atoms with Crippen LogP contribution in [-0.2, 0) is 4.74 Å². The highest BCUT2D eigenvalue weighted by molar-refractivity contribution is 5.61. The molecular formula is C26H26O. The second-order valence-electron chi connectivity index (χ2n) is 7.89. The Morgan fingerprint density at radius 3 is 2.22 bits per heavy atom. The molecule has 3 aliphatic rings. The van der Waals surface area contributed by atoms with E-state index in [4.69, 9.17) is 4.74 Å². The first kappa shape index (κ1) is 16.6. The van der Waals surface area contributed by atoms with Crippen molar-refractivity contribution in [1.82, 2.24) is 0 Å². The van der Waals surface area contributed by atoms with E-state index in [1.165, 1.54) is 59.5 Å². The molecule has 0 radical (unpaired) electrons. The van der Waals surface area contributed by atoms with Crippen LogP contribution >= 0.6 is 0 Å². The summed E-state index contributed by atoms with van der Waals surface area (Å²) in [6, 6.07) is 21.8. The third-order valence-electron chi connectivity index (χ3n) is 6.13. The van der Waals surface area contributed by atoms with Gasteiger partial charge in [-0.3, -0.25) is 0 Å². The van der Waals surface area contributed by atoms with Crippen LogP contribution in [0.3, 0.4) is 0 Å². The van der Waals surface area contributed by atoms with E-state index >= 15 is 0 Å². The summed E-state index contributed by atoms with van der Waals surface area (Å²) in [5, 5.41) is 0. The van der Waals surface area contributed by atoms with Crippen LogP contribution in [0.5, 0.6) is 0 Å². The lowest BCUT2D eigenvalue weighted by atomic mass is 9.73. The lowest BCUT2D eigenvalue weighted by molar-refractivity contribution is 0.250. The van der Waals surface area contributed by atoms with E-state index in [0.29, 0.717) is 5.92 Å². The summed E-state index contributed by atoms with van der Waals surface area (Å²) in [4.78, 5) is 0. The van der Waals surface area contributed by atoms with Gasteiger partial charge in [0, 0.05) is 12.3 Å². The summed E-state index contributed by atoms with van der Waals surface area (Å²) in [5.74, 6) is 2.86. The van der Waals surface area contributed by atoms with Crippen LogP contribution in [0.25, 0.3) is 6.08 Å². The molecule has 5 rings (SSSR count). The molecule has 1 heteroatoms. The Morgan fingerprint density at radius 1 is 0.704 bits per heavy atom. The Bertz CT molecular complexity index is 915. The molecule has 0 aromatic heterocycles. The maximum absolute atomic E-state index is 6.62. The summed E-state index contributed by atoms with van der Waals surface area (Å²) in [6.45, 7) is 0. The van der Waals surface area contributed by atoms with Gasteiger partial charge in [0.05, 0.1) is 0 Å². The largest absolute Gasteiger partial charge is 0.461 e. The minimum Gasteiger partial charge on any atom is -0.461 e. The Labute approximate surface area is 162 Å². The van der Waals surface area contributed by atoms with Crippen LogP contribution in [0.2, 0.25) is 0 Å². The van der Waals surface area contributed by atoms with E-state index in [2.05, 4.69) is 66.7 Å². The third kappa shape index (κ3) is 3.16. The minimum atomic E-state index is 0.421. The molecule has 2 aromatic carbocycles. The molecule has 0 saturated carbocycles. The van der Waals surface area contributed by atoms with Crippen molar-refractivity contribution in [1.29, 1.82) is 0 Å². The fourth-order valence-corrected chi connectivity index (χ4v) is 4.90. The van der Waals surface area contributed by atoms with Crippen LogP contribution in [0.1, 0.15) is 62.0 Å². The maximum atomic E-state index is 6.62. The summed E-state index contributed by atoms with van der Waals surface area (Å²) in [7, 11) is 0. The molecule has 1 heterocycles. The summed E-state index contributed by atoms with van der Waals surface area (Å²) in [6.07, 6.45) is 10.6. The summed E-state index contributed by atoms with van der Waals surface area (Å²) >= 11 is 0. The molecule has 2 aromatic rings. The molecule has 1 unspecified atom stereocenters. The van der Waals surface area contributed by atoms with Crippen molar-refractivity contribution in [3.8, 4) is 0 Å². The zero-order valence-electron chi connectivity index (χ0n) is 15.8. The first-order valence-electron chi connectivity index (χ1n) is 10.3. The lowest BCUT2D eigenvalue weighted by Gasteiger charge is -2.38. The Morgan fingerprint density at radius 2 is 1.41 bits per heavy atom. The van der Waals surface area contributed by atoms with Crippen LogP contribution in [0.15, 0.2) is 88.9 Å². The highest BCUT2D eigenvalue weighted by Crippen LogP contribution is 2.51. The van der Waals surface area contributed by atoms with Gasteiger partial charge in [-0.25, -0.2) is 0 Å². The molecule has 0 bridgehead atoms. The average Bonchev–Trinajstić information content (AvgIpc) is 2.74. The molecule has 0 saturated heterocycles. The third-order valence-corrected chi connectivity index (χ3v) is 6.13. The van der Waals surface area contributed by atoms with E-state index in [1.54, 1.807) is 5.57 Å². The van der Waals surface area contributed by atoms with Gasteiger partial charge in [-0.15, -0.1) is 0 Å². The minimum absolute atomic E-state index is 0.421. The number of hydrogen-bond donors (Lipinski definition) is 0. The van der Waals surface area contributed by atoms with E-state index in [9.17, 15) is 0 Å². The van der Waals surface area contributed by atoms with Crippen molar-refractivity contribution in [3.63, 3.8) is 0 Å².